The molecule has 1 amide bonds. The maximum absolute atomic E-state index is 12.4. The maximum Gasteiger partial charge on any atom is 0.268 e. The Morgan fingerprint density at radius 3 is 2.81 bits per heavy atom. The van der Waals surface area contributed by atoms with E-state index in [0.717, 1.165) is 19.3 Å². The van der Waals surface area contributed by atoms with Gasteiger partial charge in [0, 0.05) is 19.9 Å². The number of nitrogens with two attached hydrogens (primary N) is 1. The zero-order valence-electron chi connectivity index (χ0n) is 12.2. The minimum atomic E-state index is -3.82. The SMILES string of the molecule is CCn1cc(S(N)(=O)=O)cc1C(=O)NC1CCCC1OC. The molecular formula is C13H21N3O4S. The van der Waals surface area contributed by atoms with Crippen LogP contribution in [0.5, 0.6) is 0 Å². The van der Waals surface area contributed by atoms with Gasteiger partial charge in [0.05, 0.1) is 12.1 Å². The normalized spacial score (nSPS) is 22.4. The van der Waals surface area contributed by atoms with Gasteiger partial charge >= 0.3 is 0 Å². The van der Waals surface area contributed by atoms with E-state index in [4.69, 9.17) is 9.88 Å². The number of primary sulfonamides is 1. The van der Waals surface area contributed by atoms with Crippen molar-refractivity contribution in [2.24, 2.45) is 5.14 Å². The summed E-state index contributed by atoms with van der Waals surface area (Å²) >= 11 is 0. The number of amides is 1. The molecule has 0 radical (unpaired) electrons. The number of sulfonamides is 1. The lowest BCUT2D eigenvalue weighted by atomic mass is 10.2. The van der Waals surface area contributed by atoms with E-state index in [1.54, 1.807) is 11.7 Å². The summed E-state index contributed by atoms with van der Waals surface area (Å²) in [7, 11) is -2.19. The quantitative estimate of drug-likeness (QED) is 0.823. The van der Waals surface area contributed by atoms with Crippen molar-refractivity contribution in [1.82, 2.24) is 9.88 Å². The second kappa shape index (κ2) is 6.17. The van der Waals surface area contributed by atoms with E-state index in [9.17, 15) is 13.2 Å². The number of carbonyl (C=O) groups is 1. The van der Waals surface area contributed by atoms with E-state index in [-0.39, 0.29) is 22.9 Å². The first-order valence-corrected chi connectivity index (χ1v) is 8.48. The van der Waals surface area contributed by atoms with Crippen molar-refractivity contribution >= 4 is 15.9 Å². The summed E-state index contributed by atoms with van der Waals surface area (Å²) < 4.78 is 29.7. The Bertz CT molecular complexity index is 623. The highest BCUT2D eigenvalue weighted by atomic mass is 32.2. The highest BCUT2D eigenvalue weighted by Crippen LogP contribution is 2.22. The predicted octanol–water partition coefficient (Wildman–Crippen LogP) is 0.453. The zero-order valence-corrected chi connectivity index (χ0v) is 13.0. The van der Waals surface area contributed by atoms with Gasteiger partial charge in [-0.1, -0.05) is 0 Å². The van der Waals surface area contributed by atoms with Crippen LogP contribution in [-0.2, 0) is 21.3 Å². The Morgan fingerprint density at radius 1 is 1.52 bits per heavy atom. The van der Waals surface area contributed by atoms with Crippen LogP contribution in [-0.4, -0.2) is 38.1 Å². The minimum absolute atomic E-state index is 0.0108. The molecule has 0 aliphatic heterocycles. The van der Waals surface area contributed by atoms with Gasteiger partial charge in [0.15, 0.2) is 0 Å². The largest absolute Gasteiger partial charge is 0.379 e. The predicted molar refractivity (Wildman–Crippen MR) is 77.4 cm³/mol. The molecule has 2 unspecified atom stereocenters. The van der Waals surface area contributed by atoms with E-state index in [1.165, 1.54) is 12.3 Å². The molecule has 0 saturated heterocycles. The monoisotopic (exact) mass is 315 g/mol. The number of nitrogens with one attached hydrogen (secondary N) is 1. The van der Waals surface area contributed by atoms with E-state index >= 15 is 0 Å². The van der Waals surface area contributed by atoms with Crippen LogP contribution in [0, 0.1) is 0 Å². The van der Waals surface area contributed by atoms with Gasteiger partial charge in [0.1, 0.15) is 10.6 Å². The highest BCUT2D eigenvalue weighted by molar-refractivity contribution is 7.89. The zero-order chi connectivity index (χ0) is 15.6. The lowest BCUT2D eigenvalue weighted by molar-refractivity contribution is 0.0717. The van der Waals surface area contributed by atoms with Crippen LogP contribution >= 0.6 is 0 Å². The van der Waals surface area contributed by atoms with E-state index in [1.807, 2.05) is 6.92 Å². The average Bonchev–Trinajstić information content (AvgIpc) is 3.03. The Kier molecular flexibility index (Phi) is 4.70. The molecule has 1 aliphatic carbocycles. The van der Waals surface area contributed by atoms with Gasteiger partial charge in [-0.2, -0.15) is 0 Å². The molecule has 1 heterocycles. The molecule has 0 spiro atoms. The van der Waals surface area contributed by atoms with Crippen molar-refractivity contribution < 1.29 is 17.9 Å². The number of aryl methyl sites for hydroxylation is 1. The molecule has 3 N–H and O–H groups in total. The molecule has 8 heteroatoms. The molecule has 2 atom stereocenters. The third kappa shape index (κ3) is 3.45. The average molecular weight is 315 g/mol. The number of aromatic nitrogens is 1. The summed E-state index contributed by atoms with van der Waals surface area (Å²) in [5.41, 5.74) is 0.295. The molecule has 1 aliphatic rings. The summed E-state index contributed by atoms with van der Waals surface area (Å²) in [4.78, 5) is 12.3. The first-order valence-electron chi connectivity index (χ1n) is 6.93. The van der Waals surface area contributed by atoms with Gasteiger partial charge in [-0.25, -0.2) is 13.6 Å². The van der Waals surface area contributed by atoms with E-state index in [2.05, 4.69) is 5.32 Å². The number of nitrogens with zero attached hydrogens (tertiary/aromatic N) is 1. The molecule has 21 heavy (non-hydrogen) atoms. The molecule has 118 valence electrons. The Labute approximate surface area is 124 Å². The smallest absolute Gasteiger partial charge is 0.268 e. The number of methoxy groups -OCH3 is 1. The second-order valence-electron chi connectivity index (χ2n) is 5.18. The summed E-state index contributed by atoms with van der Waals surface area (Å²) in [5, 5.41) is 8.02. The maximum atomic E-state index is 12.4. The van der Waals surface area contributed by atoms with Crippen LogP contribution in [0.4, 0.5) is 0 Å². The van der Waals surface area contributed by atoms with E-state index in [0.29, 0.717) is 12.2 Å². The lowest BCUT2D eigenvalue weighted by Crippen LogP contribution is -2.41. The fourth-order valence-electron chi connectivity index (χ4n) is 2.71. The van der Waals surface area contributed by atoms with Crippen molar-refractivity contribution in [2.75, 3.05) is 7.11 Å². The van der Waals surface area contributed by atoms with E-state index < -0.39 is 10.0 Å². The van der Waals surface area contributed by atoms with Crippen LogP contribution in [0.1, 0.15) is 36.7 Å². The van der Waals surface area contributed by atoms with Crippen molar-refractivity contribution in [3.8, 4) is 0 Å². The minimum Gasteiger partial charge on any atom is -0.379 e. The van der Waals surface area contributed by atoms with Gasteiger partial charge in [-0.15, -0.1) is 0 Å². The van der Waals surface area contributed by atoms with Crippen LogP contribution in [0.25, 0.3) is 0 Å². The molecule has 0 aromatic carbocycles. The van der Waals surface area contributed by atoms with Gasteiger partial charge in [-0.05, 0) is 32.3 Å². The van der Waals surface area contributed by atoms with Crippen LogP contribution < -0.4 is 10.5 Å². The molecule has 1 fully saturated rings. The van der Waals surface area contributed by atoms with Crippen molar-refractivity contribution in [2.45, 2.75) is 49.8 Å². The summed E-state index contributed by atoms with van der Waals surface area (Å²) in [6.45, 7) is 2.31. The fourth-order valence-corrected chi connectivity index (χ4v) is 3.26. The Hall–Kier alpha value is -1.38. The molecule has 1 aromatic rings. The molecular weight excluding hydrogens is 294 g/mol. The van der Waals surface area contributed by atoms with Crippen molar-refractivity contribution in [3.05, 3.63) is 18.0 Å². The molecule has 2 rings (SSSR count). The Morgan fingerprint density at radius 2 is 2.24 bits per heavy atom. The first-order chi connectivity index (χ1) is 9.86. The Balaban J connectivity index is 2.21. The van der Waals surface area contributed by atoms with Gasteiger partial charge < -0.3 is 14.6 Å². The second-order valence-corrected chi connectivity index (χ2v) is 6.74. The fraction of sp³-hybridized carbons (Fsp3) is 0.615. The summed E-state index contributed by atoms with van der Waals surface area (Å²) in [6.07, 6.45) is 4.17. The van der Waals surface area contributed by atoms with Crippen molar-refractivity contribution in [3.63, 3.8) is 0 Å². The third-order valence-electron chi connectivity index (χ3n) is 3.85. The number of hydrogen-bond donors (Lipinski definition) is 2. The first kappa shape index (κ1) is 16.0. The highest BCUT2D eigenvalue weighted by Gasteiger charge is 2.29. The molecule has 0 bridgehead atoms. The van der Waals surface area contributed by atoms with Crippen LogP contribution in [0.15, 0.2) is 17.2 Å². The van der Waals surface area contributed by atoms with Gasteiger partial charge in [-0.3, -0.25) is 4.79 Å². The molecule has 1 aromatic heterocycles. The number of carbonyl (C=O) groups excluding carboxylic acids is 1. The van der Waals surface area contributed by atoms with Crippen LogP contribution in [0.2, 0.25) is 0 Å². The molecule has 1 saturated carbocycles. The third-order valence-corrected chi connectivity index (χ3v) is 4.73. The topological polar surface area (TPSA) is 103 Å². The summed E-state index contributed by atoms with van der Waals surface area (Å²) in [6, 6.07) is 1.27. The lowest BCUT2D eigenvalue weighted by Gasteiger charge is -2.19. The number of hydrogen-bond acceptors (Lipinski definition) is 4. The van der Waals surface area contributed by atoms with Crippen LogP contribution in [0.3, 0.4) is 0 Å². The number of ether oxygens (including phenoxy) is 1. The summed E-state index contributed by atoms with van der Waals surface area (Å²) in [5.74, 6) is -0.305. The van der Waals surface area contributed by atoms with Gasteiger partial charge in [0.25, 0.3) is 5.91 Å². The molecule has 7 nitrogen and oxygen atoms in total. The standard InChI is InChI=1S/C13H21N3O4S/c1-3-16-8-9(21(14,18)19)7-11(16)13(17)15-10-5-4-6-12(10)20-2/h7-8,10,12H,3-6H2,1-2H3,(H,15,17)(H2,14,18,19). The van der Waals surface area contributed by atoms with Crippen molar-refractivity contribution in [1.29, 1.82) is 0 Å². The number of rotatable bonds is 5. The van der Waals surface area contributed by atoms with Gasteiger partial charge in [0.2, 0.25) is 10.0 Å².